The summed E-state index contributed by atoms with van der Waals surface area (Å²) >= 11 is 0. The summed E-state index contributed by atoms with van der Waals surface area (Å²) in [6, 6.07) is 12.1. The van der Waals surface area contributed by atoms with E-state index in [9.17, 15) is 9.90 Å². The smallest absolute Gasteiger partial charge is 0.281 e. The van der Waals surface area contributed by atoms with Crippen LogP contribution in [0.1, 0.15) is 12.5 Å². The number of para-hydroxylation sites is 2. The van der Waals surface area contributed by atoms with E-state index in [-0.39, 0.29) is 11.3 Å². The molecule has 0 atom stereocenters. The molecule has 6 heteroatoms. The van der Waals surface area contributed by atoms with Gasteiger partial charge in [-0.25, -0.2) is 4.98 Å². The topological polar surface area (TPSA) is 76.7 Å². The number of aromatic hydroxyl groups is 1. The van der Waals surface area contributed by atoms with Crippen molar-refractivity contribution in [2.45, 2.75) is 6.92 Å². The fraction of sp³-hybridized carbons (Fsp3) is 0.118. The number of phenols is 1. The van der Waals surface area contributed by atoms with E-state index in [0.29, 0.717) is 28.8 Å². The third kappa shape index (κ3) is 2.91. The van der Waals surface area contributed by atoms with E-state index in [1.807, 2.05) is 13.0 Å². The van der Waals surface area contributed by atoms with Gasteiger partial charge in [-0.2, -0.15) is 9.78 Å². The Labute approximate surface area is 132 Å². The van der Waals surface area contributed by atoms with Crippen molar-refractivity contribution >= 4 is 17.1 Å². The van der Waals surface area contributed by atoms with Crippen LogP contribution in [0.3, 0.4) is 0 Å². The molecule has 1 heterocycles. The van der Waals surface area contributed by atoms with Gasteiger partial charge in [0.25, 0.3) is 5.56 Å². The summed E-state index contributed by atoms with van der Waals surface area (Å²) in [7, 11) is 0. The summed E-state index contributed by atoms with van der Waals surface area (Å²) in [5, 5.41) is 14.7. The Morgan fingerprint density at radius 2 is 2.09 bits per heavy atom. The molecule has 0 saturated heterocycles. The van der Waals surface area contributed by atoms with E-state index in [0.717, 1.165) is 4.68 Å². The zero-order chi connectivity index (χ0) is 16.2. The second kappa shape index (κ2) is 6.31. The van der Waals surface area contributed by atoms with Gasteiger partial charge in [-0.3, -0.25) is 4.79 Å². The molecule has 1 aromatic heterocycles. The number of ether oxygens (including phenoxy) is 1. The van der Waals surface area contributed by atoms with Gasteiger partial charge in [0.1, 0.15) is 6.33 Å². The third-order valence-corrected chi connectivity index (χ3v) is 3.30. The zero-order valence-electron chi connectivity index (χ0n) is 12.5. The molecule has 0 aliphatic heterocycles. The maximum atomic E-state index is 12.3. The summed E-state index contributed by atoms with van der Waals surface area (Å²) in [5.41, 5.74) is 0.799. The quantitative estimate of drug-likeness (QED) is 0.751. The summed E-state index contributed by atoms with van der Waals surface area (Å²) < 4.78 is 6.45. The minimum absolute atomic E-state index is 0.0140. The summed E-state index contributed by atoms with van der Waals surface area (Å²) in [5.74, 6) is 0.361. The maximum Gasteiger partial charge on any atom is 0.281 e. The predicted molar refractivity (Wildman–Crippen MR) is 88.3 cm³/mol. The molecule has 1 N–H and O–H groups in total. The highest BCUT2D eigenvalue weighted by molar-refractivity contribution is 5.85. The number of rotatable bonds is 4. The SMILES string of the molecule is CCOc1cccc(/C=N/n2cnc3ccccc3c2=O)c1O. The molecule has 0 amide bonds. The van der Waals surface area contributed by atoms with Crippen molar-refractivity contribution in [1.29, 1.82) is 0 Å². The minimum Gasteiger partial charge on any atom is -0.504 e. The fourth-order valence-electron chi connectivity index (χ4n) is 2.18. The van der Waals surface area contributed by atoms with Crippen LogP contribution in [0, 0.1) is 0 Å². The van der Waals surface area contributed by atoms with Gasteiger partial charge in [0.2, 0.25) is 0 Å². The van der Waals surface area contributed by atoms with E-state index >= 15 is 0 Å². The van der Waals surface area contributed by atoms with Gasteiger partial charge >= 0.3 is 0 Å². The summed E-state index contributed by atoms with van der Waals surface area (Å²) in [4.78, 5) is 16.5. The van der Waals surface area contributed by atoms with Crippen LogP contribution in [0.25, 0.3) is 10.9 Å². The van der Waals surface area contributed by atoms with Crippen LogP contribution in [-0.4, -0.2) is 27.6 Å². The Morgan fingerprint density at radius 1 is 1.26 bits per heavy atom. The van der Waals surface area contributed by atoms with Crippen LogP contribution in [0.4, 0.5) is 0 Å². The lowest BCUT2D eigenvalue weighted by Gasteiger charge is -2.07. The van der Waals surface area contributed by atoms with Crippen LogP contribution in [0.5, 0.6) is 11.5 Å². The van der Waals surface area contributed by atoms with E-state index in [1.165, 1.54) is 12.5 Å². The zero-order valence-corrected chi connectivity index (χ0v) is 12.5. The first-order valence-electron chi connectivity index (χ1n) is 7.16. The first-order chi connectivity index (χ1) is 11.2. The van der Waals surface area contributed by atoms with E-state index in [4.69, 9.17) is 4.74 Å². The number of nitrogens with zero attached hydrogens (tertiary/aromatic N) is 3. The Kier molecular flexibility index (Phi) is 4.05. The highest BCUT2D eigenvalue weighted by atomic mass is 16.5. The lowest BCUT2D eigenvalue weighted by atomic mass is 10.2. The molecule has 0 aliphatic carbocycles. The van der Waals surface area contributed by atoms with Gasteiger partial charge in [0.15, 0.2) is 11.5 Å². The molecule has 0 radical (unpaired) electrons. The van der Waals surface area contributed by atoms with Gasteiger partial charge in [0.05, 0.1) is 23.7 Å². The number of hydrogen-bond acceptors (Lipinski definition) is 5. The van der Waals surface area contributed by atoms with Crippen LogP contribution in [-0.2, 0) is 0 Å². The molecule has 0 fully saturated rings. The van der Waals surface area contributed by atoms with Crippen molar-refractivity contribution in [3.05, 3.63) is 64.7 Å². The standard InChI is InChI=1S/C17H15N3O3/c1-2-23-15-9-5-6-12(16(15)21)10-19-20-11-18-14-8-4-3-7-13(14)17(20)22/h3-11,21H,2H2,1H3/b19-10+. The van der Waals surface area contributed by atoms with Crippen LogP contribution in [0.15, 0.2) is 58.7 Å². The number of phenolic OH excluding ortho intramolecular Hbond substituents is 1. The molecule has 0 bridgehead atoms. The minimum atomic E-state index is -0.271. The molecule has 3 rings (SSSR count). The van der Waals surface area contributed by atoms with Crippen LogP contribution in [0.2, 0.25) is 0 Å². The van der Waals surface area contributed by atoms with Gasteiger partial charge in [-0.1, -0.05) is 18.2 Å². The molecule has 0 aliphatic rings. The normalized spacial score (nSPS) is 11.2. The van der Waals surface area contributed by atoms with Crippen LogP contribution < -0.4 is 10.3 Å². The molecule has 116 valence electrons. The lowest BCUT2D eigenvalue weighted by Crippen LogP contribution is -2.16. The average Bonchev–Trinajstić information content (AvgIpc) is 2.57. The number of benzene rings is 2. The molecule has 6 nitrogen and oxygen atoms in total. The van der Waals surface area contributed by atoms with Crippen LogP contribution >= 0.6 is 0 Å². The van der Waals surface area contributed by atoms with Crippen molar-refractivity contribution in [3.8, 4) is 11.5 Å². The highest BCUT2D eigenvalue weighted by Gasteiger charge is 2.06. The fourth-order valence-corrected chi connectivity index (χ4v) is 2.18. The van der Waals surface area contributed by atoms with E-state index < -0.39 is 0 Å². The number of fused-ring (bicyclic) bond motifs is 1. The van der Waals surface area contributed by atoms with Gasteiger partial charge in [-0.05, 0) is 31.2 Å². The average molecular weight is 309 g/mol. The molecule has 0 saturated carbocycles. The van der Waals surface area contributed by atoms with Crippen molar-refractivity contribution < 1.29 is 9.84 Å². The second-order valence-electron chi connectivity index (χ2n) is 4.78. The van der Waals surface area contributed by atoms with E-state index in [2.05, 4.69) is 10.1 Å². The van der Waals surface area contributed by atoms with Crippen molar-refractivity contribution in [2.75, 3.05) is 6.61 Å². The largest absolute Gasteiger partial charge is 0.504 e. The summed E-state index contributed by atoms with van der Waals surface area (Å²) in [6.07, 6.45) is 2.75. The monoisotopic (exact) mass is 309 g/mol. The second-order valence-corrected chi connectivity index (χ2v) is 4.78. The predicted octanol–water partition coefficient (Wildman–Crippen LogP) is 2.38. The Hall–Kier alpha value is -3.15. The van der Waals surface area contributed by atoms with E-state index in [1.54, 1.807) is 36.4 Å². The summed E-state index contributed by atoms with van der Waals surface area (Å²) in [6.45, 7) is 2.28. The van der Waals surface area contributed by atoms with Crippen molar-refractivity contribution in [2.24, 2.45) is 5.10 Å². The first kappa shape index (κ1) is 14.8. The maximum absolute atomic E-state index is 12.3. The highest BCUT2D eigenvalue weighted by Crippen LogP contribution is 2.28. The lowest BCUT2D eigenvalue weighted by molar-refractivity contribution is 0.318. The Bertz CT molecular complexity index is 932. The Balaban J connectivity index is 1.99. The molecule has 3 aromatic rings. The molecular weight excluding hydrogens is 294 g/mol. The molecule has 2 aromatic carbocycles. The van der Waals surface area contributed by atoms with Gasteiger partial charge in [0, 0.05) is 5.56 Å². The number of aromatic nitrogens is 2. The number of hydrogen-bond donors (Lipinski definition) is 1. The molecule has 23 heavy (non-hydrogen) atoms. The van der Waals surface area contributed by atoms with Crippen molar-refractivity contribution in [1.82, 2.24) is 9.66 Å². The van der Waals surface area contributed by atoms with Gasteiger partial charge in [-0.15, -0.1) is 0 Å². The van der Waals surface area contributed by atoms with Crippen molar-refractivity contribution in [3.63, 3.8) is 0 Å². The molecule has 0 unspecified atom stereocenters. The van der Waals surface area contributed by atoms with Gasteiger partial charge < -0.3 is 9.84 Å². The first-order valence-corrected chi connectivity index (χ1v) is 7.16. The third-order valence-electron chi connectivity index (χ3n) is 3.30. The molecule has 0 spiro atoms. The molecular formula is C17H15N3O3. The Morgan fingerprint density at radius 3 is 2.91 bits per heavy atom.